The summed E-state index contributed by atoms with van der Waals surface area (Å²) in [5.74, 6) is 0.804. The Morgan fingerprint density at radius 1 is 1.16 bits per heavy atom. The molecule has 7 heteroatoms. The van der Waals surface area contributed by atoms with E-state index >= 15 is 0 Å². The molecular weight excluding hydrogens is 360 g/mol. The Balaban J connectivity index is 0.00000225. The number of sulfonamides is 1. The number of nitrogens with zero attached hydrogens (tertiary/aromatic N) is 1. The summed E-state index contributed by atoms with van der Waals surface area (Å²) in [5, 5.41) is -0.416. The summed E-state index contributed by atoms with van der Waals surface area (Å²) in [6, 6.07) is 9.76. The van der Waals surface area contributed by atoms with E-state index in [1.807, 2.05) is 30.3 Å². The predicted octanol–water partition coefficient (Wildman–Crippen LogP) is 2.88. The maximum atomic E-state index is 12.0. The second kappa shape index (κ2) is 8.17. The average Bonchev–Trinajstić information content (AvgIpc) is 2.94. The SMILES string of the molecule is CC(C)S(=O)(=O)N[C@H]1Cc2ccc(OCc3ccncc3)cc2C1.Cl. The third-order valence-corrected chi connectivity index (χ3v) is 6.12. The van der Waals surface area contributed by atoms with Gasteiger partial charge in [0.15, 0.2) is 0 Å². The minimum Gasteiger partial charge on any atom is -0.489 e. The zero-order valence-electron chi connectivity index (χ0n) is 14.3. The Morgan fingerprint density at radius 3 is 2.52 bits per heavy atom. The van der Waals surface area contributed by atoms with Crippen molar-refractivity contribution in [3.05, 3.63) is 59.4 Å². The minimum absolute atomic E-state index is 0. The number of hydrogen-bond acceptors (Lipinski definition) is 4. The van der Waals surface area contributed by atoms with Gasteiger partial charge < -0.3 is 4.74 Å². The first-order valence-electron chi connectivity index (χ1n) is 8.08. The highest BCUT2D eigenvalue weighted by Gasteiger charge is 2.27. The second-order valence-corrected chi connectivity index (χ2v) is 8.66. The molecule has 5 nitrogen and oxygen atoms in total. The van der Waals surface area contributed by atoms with Gasteiger partial charge in [-0.1, -0.05) is 6.07 Å². The van der Waals surface area contributed by atoms with Gasteiger partial charge in [-0.25, -0.2) is 13.1 Å². The van der Waals surface area contributed by atoms with Gasteiger partial charge in [-0.05, 0) is 67.6 Å². The number of halogens is 1. The summed E-state index contributed by atoms with van der Waals surface area (Å²) in [5.41, 5.74) is 3.40. The van der Waals surface area contributed by atoms with Crippen molar-refractivity contribution in [3.8, 4) is 5.75 Å². The highest BCUT2D eigenvalue weighted by molar-refractivity contribution is 7.90. The smallest absolute Gasteiger partial charge is 0.214 e. The Hall–Kier alpha value is -1.63. The lowest BCUT2D eigenvalue weighted by Crippen LogP contribution is -2.39. The van der Waals surface area contributed by atoms with Crippen LogP contribution in [0.5, 0.6) is 5.75 Å². The lowest BCUT2D eigenvalue weighted by molar-refractivity contribution is 0.306. The molecule has 0 bridgehead atoms. The van der Waals surface area contributed by atoms with Crippen molar-refractivity contribution in [1.82, 2.24) is 9.71 Å². The predicted molar refractivity (Wildman–Crippen MR) is 101 cm³/mol. The molecule has 136 valence electrons. The van der Waals surface area contributed by atoms with Crippen molar-refractivity contribution >= 4 is 22.4 Å². The number of nitrogens with one attached hydrogen (secondary N) is 1. The fourth-order valence-electron chi connectivity index (χ4n) is 2.78. The van der Waals surface area contributed by atoms with Crippen LogP contribution in [0.25, 0.3) is 0 Å². The van der Waals surface area contributed by atoms with Crippen molar-refractivity contribution in [3.63, 3.8) is 0 Å². The van der Waals surface area contributed by atoms with Crippen molar-refractivity contribution in [2.45, 2.75) is 44.6 Å². The van der Waals surface area contributed by atoms with Crippen LogP contribution in [0.3, 0.4) is 0 Å². The van der Waals surface area contributed by atoms with Gasteiger partial charge in [0.05, 0.1) is 5.25 Å². The maximum Gasteiger partial charge on any atom is 0.214 e. The van der Waals surface area contributed by atoms with E-state index in [1.54, 1.807) is 26.2 Å². The number of ether oxygens (including phenoxy) is 1. The van der Waals surface area contributed by atoms with E-state index < -0.39 is 15.3 Å². The van der Waals surface area contributed by atoms with Crippen LogP contribution in [0.4, 0.5) is 0 Å². The molecule has 0 spiro atoms. The monoisotopic (exact) mass is 382 g/mol. The van der Waals surface area contributed by atoms with Gasteiger partial charge in [0, 0.05) is 18.4 Å². The van der Waals surface area contributed by atoms with E-state index in [0.717, 1.165) is 23.3 Å². The number of aromatic nitrogens is 1. The Bertz CT molecular complexity index is 810. The quantitative estimate of drug-likeness (QED) is 0.834. The number of rotatable bonds is 6. The molecule has 0 unspecified atom stereocenters. The van der Waals surface area contributed by atoms with E-state index in [4.69, 9.17) is 4.74 Å². The molecule has 1 aliphatic rings. The van der Waals surface area contributed by atoms with Crippen molar-refractivity contribution in [2.75, 3.05) is 0 Å². The standard InChI is InChI=1S/C18H22N2O3S.ClH/c1-13(2)24(21,22)20-17-9-15-3-4-18(11-16(15)10-17)23-12-14-5-7-19-8-6-14;/h3-8,11,13,17,20H,9-10,12H2,1-2H3;1H/t17-;/m0./s1. The van der Waals surface area contributed by atoms with Crippen LogP contribution < -0.4 is 9.46 Å². The van der Waals surface area contributed by atoms with Gasteiger partial charge in [0.2, 0.25) is 10.0 Å². The maximum absolute atomic E-state index is 12.0. The summed E-state index contributed by atoms with van der Waals surface area (Å²) >= 11 is 0. The Kier molecular flexibility index (Phi) is 6.43. The molecule has 0 aliphatic heterocycles. The summed E-state index contributed by atoms with van der Waals surface area (Å²) in [6.45, 7) is 3.87. The van der Waals surface area contributed by atoms with Crippen molar-refractivity contribution in [2.24, 2.45) is 0 Å². The molecular formula is C18H23ClN2O3S. The van der Waals surface area contributed by atoms with Crippen LogP contribution in [0.1, 0.15) is 30.5 Å². The number of hydrogen-bond donors (Lipinski definition) is 1. The Labute approximate surface area is 155 Å². The molecule has 1 heterocycles. The van der Waals surface area contributed by atoms with Gasteiger partial charge in [-0.3, -0.25) is 4.98 Å². The van der Waals surface area contributed by atoms with Gasteiger partial charge in [0.1, 0.15) is 12.4 Å². The largest absolute Gasteiger partial charge is 0.489 e. The molecule has 1 aromatic heterocycles. The molecule has 2 aromatic rings. The molecule has 1 aliphatic carbocycles. The van der Waals surface area contributed by atoms with E-state index in [-0.39, 0.29) is 18.4 Å². The molecule has 1 atom stereocenters. The molecule has 25 heavy (non-hydrogen) atoms. The van der Waals surface area contributed by atoms with Crippen LogP contribution in [0, 0.1) is 0 Å². The van der Waals surface area contributed by atoms with Crippen LogP contribution in [-0.2, 0) is 29.5 Å². The normalized spacial score (nSPS) is 16.4. The third-order valence-electron chi connectivity index (χ3n) is 4.22. The minimum atomic E-state index is -3.24. The topological polar surface area (TPSA) is 68.3 Å². The van der Waals surface area contributed by atoms with Gasteiger partial charge in [0.25, 0.3) is 0 Å². The lowest BCUT2D eigenvalue weighted by atomic mass is 10.1. The van der Waals surface area contributed by atoms with Gasteiger partial charge >= 0.3 is 0 Å². The summed E-state index contributed by atoms with van der Waals surface area (Å²) < 4.78 is 32.7. The Morgan fingerprint density at radius 2 is 1.84 bits per heavy atom. The number of fused-ring (bicyclic) bond motifs is 1. The van der Waals surface area contributed by atoms with Crippen LogP contribution in [0.2, 0.25) is 0 Å². The summed E-state index contributed by atoms with van der Waals surface area (Å²) in [4.78, 5) is 3.99. The van der Waals surface area contributed by atoms with E-state index in [9.17, 15) is 8.42 Å². The molecule has 1 N–H and O–H groups in total. The molecule has 3 rings (SSSR count). The fourth-order valence-corrected chi connectivity index (χ4v) is 3.69. The van der Waals surface area contributed by atoms with Crippen LogP contribution in [-0.4, -0.2) is 24.7 Å². The molecule has 0 radical (unpaired) electrons. The number of pyridine rings is 1. The molecule has 0 saturated heterocycles. The number of benzene rings is 1. The average molecular weight is 383 g/mol. The van der Waals surface area contributed by atoms with Gasteiger partial charge in [-0.15, -0.1) is 12.4 Å². The lowest BCUT2D eigenvalue weighted by Gasteiger charge is -2.14. The highest BCUT2D eigenvalue weighted by Crippen LogP contribution is 2.27. The van der Waals surface area contributed by atoms with Crippen LogP contribution >= 0.6 is 12.4 Å². The summed E-state index contributed by atoms with van der Waals surface area (Å²) in [6.07, 6.45) is 4.92. The molecule has 1 aromatic carbocycles. The van der Waals surface area contributed by atoms with E-state index in [1.165, 1.54) is 5.56 Å². The van der Waals surface area contributed by atoms with Crippen molar-refractivity contribution in [1.29, 1.82) is 0 Å². The van der Waals surface area contributed by atoms with E-state index in [0.29, 0.717) is 13.0 Å². The first-order valence-corrected chi connectivity index (χ1v) is 9.63. The molecule has 0 amide bonds. The molecule has 0 saturated carbocycles. The van der Waals surface area contributed by atoms with Crippen LogP contribution in [0.15, 0.2) is 42.7 Å². The summed E-state index contributed by atoms with van der Waals surface area (Å²) in [7, 11) is -3.24. The zero-order chi connectivity index (χ0) is 17.2. The van der Waals surface area contributed by atoms with Crippen molar-refractivity contribution < 1.29 is 13.2 Å². The molecule has 0 fully saturated rings. The van der Waals surface area contributed by atoms with E-state index in [2.05, 4.69) is 9.71 Å². The highest BCUT2D eigenvalue weighted by atomic mass is 35.5. The first-order chi connectivity index (χ1) is 11.4. The van der Waals surface area contributed by atoms with Gasteiger partial charge in [-0.2, -0.15) is 0 Å². The fraction of sp³-hybridized carbons (Fsp3) is 0.389. The zero-order valence-corrected chi connectivity index (χ0v) is 15.9. The second-order valence-electron chi connectivity index (χ2n) is 6.39. The first kappa shape index (κ1) is 19.7. The third kappa shape index (κ3) is 4.93.